The molecule has 0 amide bonds. The third kappa shape index (κ3) is 2.29. The van der Waals surface area contributed by atoms with Crippen molar-refractivity contribution in [1.82, 2.24) is 4.98 Å². The van der Waals surface area contributed by atoms with E-state index in [0.717, 1.165) is 5.82 Å². The van der Waals surface area contributed by atoms with E-state index in [2.05, 4.69) is 4.98 Å². The van der Waals surface area contributed by atoms with Gasteiger partial charge in [0.25, 0.3) is 6.08 Å². The van der Waals surface area contributed by atoms with Crippen LogP contribution in [0.5, 0.6) is 0 Å². The van der Waals surface area contributed by atoms with Crippen molar-refractivity contribution in [2.45, 2.75) is 12.8 Å². The van der Waals surface area contributed by atoms with Crippen molar-refractivity contribution in [3.8, 4) is 0 Å². The SMILES string of the molecule is Nc1cccc(N2CCC(=C(F)F)CC2)n1. The summed E-state index contributed by atoms with van der Waals surface area (Å²) in [7, 11) is 0. The van der Waals surface area contributed by atoms with Crippen LogP contribution in [0.25, 0.3) is 0 Å². The number of hydrogen-bond donors (Lipinski definition) is 1. The second-order valence-corrected chi connectivity index (χ2v) is 3.77. The van der Waals surface area contributed by atoms with E-state index in [4.69, 9.17) is 5.73 Å². The normalized spacial score (nSPS) is 16.4. The van der Waals surface area contributed by atoms with E-state index in [1.54, 1.807) is 6.07 Å². The van der Waals surface area contributed by atoms with Crippen LogP contribution in [0.3, 0.4) is 0 Å². The number of hydrogen-bond acceptors (Lipinski definition) is 3. The molecule has 1 aromatic rings. The third-order valence-corrected chi connectivity index (χ3v) is 2.71. The van der Waals surface area contributed by atoms with Gasteiger partial charge < -0.3 is 10.6 Å². The first-order chi connectivity index (χ1) is 7.66. The second kappa shape index (κ2) is 4.47. The highest BCUT2D eigenvalue weighted by atomic mass is 19.3. The Morgan fingerprint density at radius 1 is 1.25 bits per heavy atom. The molecular formula is C11H13F2N3. The average Bonchev–Trinajstić information content (AvgIpc) is 2.29. The van der Waals surface area contributed by atoms with E-state index in [0.29, 0.717) is 31.7 Å². The maximum absolute atomic E-state index is 12.3. The molecule has 3 nitrogen and oxygen atoms in total. The van der Waals surface area contributed by atoms with Gasteiger partial charge in [-0.2, -0.15) is 8.78 Å². The van der Waals surface area contributed by atoms with Crippen molar-refractivity contribution < 1.29 is 8.78 Å². The number of rotatable bonds is 1. The molecule has 0 bridgehead atoms. The molecule has 86 valence electrons. The van der Waals surface area contributed by atoms with Gasteiger partial charge in [-0.1, -0.05) is 6.07 Å². The monoisotopic (exact) mass is 225 g/mol. The van der Waals surface area contributed by atoms with Crippen molar-refractivity contribution >= 4 is 11.6 Å². The molecule has 16 heavy (non-hydrogen) atoms. The van der Waals surface area contributed by atoms with E-state index in [1.165, 1.54) is 0 Å². The van der Waals surface area contributed by atoms with Crippen molar-refractivity contribution in [3.63, 3.8) is 0 Å². The fourth-order valence-electron chi connectivity index (χ4n) is 1.81. The third-order valence-electron chi connectivity index (χ3n) is 2.71. The number of pyridine rings is 1. The first kappa shape index (κ1) is 10.9. The maximum Gasteiger partial charge on any atom is 0.269 e. The van der Waals surface area contributed by atoms with Crippen LogP contribution in [0.4, 0.5) is 20.4 Å². The highest BCUT2D eigenvalue weighted by Crippen LogP contribution is 2.24. The lowest BCUT2D eigenvalue weighted by atomic mass is 10.1. The molecule has 0 radical (unpaired) electrons. The smallest absolute Gasteiger partial charge is 0.269 e. The fourth-order valence-corrected chi connectivity index (χ4v) is 1.81. The number of anilines is 2. The highest BCUT2D eigenvalue weighted by Gasteiger charge is 2.18. The molecular weight excluding hydrogens is 212 g/mol. The Balaban J connectivity index is 2.07. The van der Waals surface area contributed by atoms with E-state index in [1.807, 2.05) is 17.0 Å². The molecule has 2 N–H and O–H groups in total. The van der Waals surface area contributed by atoms with Gasteiger partial charge in [-0.25, -0.2) is 4.98 Å². The number of nitrogens with two attached hydrogens (primary N) is 1. The first-order valence-electron chi connectivity index (χ1n) is 5.17. The van der Waals surface area contributed by atoms with Crippen LogP contribution in [0.2, 0.25) is 0 Å². The summed E-state index contributed by atoms with van der Waals surface area (Å²) in [5.41, 5.74) is 5.84. The Morgan fingerprint density at radius 2 is 1.94 bits per heavy atom. The summed E-state index contributed by atoms with van der Waals surface area (Å²) in [5, 5.41) is 0. The van der Waals surface area contributed by atoms with Crippen LogP contribution in [0, 0.1) is 0 Å². The maximum atomic E-state index is 12.3. The zero-order valence-corrected chi connectivity index (χ0v) is 8.79. The number of nitrogen functional groups attached to an aromatic ring is 1. The predicted octanol–water partition coefficient (Wildman–Crippen LogP) is 2.41. The minimum Gasteiger partial charge on any atom is -0.384 e. The molecule has 0 aromatic carbocycles. The molecule has 1 aliphatic heterocycles. The first-order valence-corrected chi connectivity index (χ1v) is 5.17. The summed E-state index contributed by atoms with van der Waals surface area (Å²) in [4.78, 5) is 6.14. The van der Waals surface area contributed by atoms with E-state index >= 15 is 0 Å². The quantitative estimate of drug-likeness (QED) is 0.798. The average molecular weight is 225 g/mol. The lowest BCUT2D eigenvalue weighted by Crippen LogP contribution is -2.31. The van der Waals surface area contributed by atoms with Crippen LogP contribution in [0.1, 0.15) is 12.8 Å². The van der Waals surface area contributed by atoms with Gasteiger partial charge in [-0.05, 0) is 30.5 Å². The largest absolute Gasteiger partial charge is 0.384 e. The Morgan fingerprint density at radius 3 is 2.50 bits per heavy atom. The van der Waals surface area contributed by atoms with Gasteiger partial charge in [0, 0.05) is 13.1 Å². The topological polar surface area (TPSA) is 42.1 Å². The Bertz CT molecular complexity index is 403. The predicted molar refractivity (Wildman–Crippen MR) is 59.3 cm³/mol. The molecule has 1 saturated heterocycles. The summed E-state index contributed by atoms with van der Waals surface area (Å²) in [6, 6.07) is 5.37. The van der Waals surface area contributed by atoms with Crippen molar-refractivity contribution in [2.75, 3.05) is 23.7 Å². The van der Waals surface area contributed by atoms with Crippen LogP contribution in [0.15, 0.2) is 29.9 Å². The molecule has 1 aromatic heterocycles. The standard InChI is InChI=1S/C11H13F2N3/c12-11(13)8-4-6-16(7-5-8)10-3-1-2-9(14)15-10/h1-3H,4-7H2,(H2,14,15). The van der Waals surface area contributed by atoms with Crippen LogP contribution < -0.4 is 10.6 Å². The van der Waals surface area contributed by atoms with Crippen LogP contribution in [-0.2, 0) is 0 Å². The van der Waals surface area contributed by atoms with E-state index < -0.39 is 6.08 Å². The van der Waals surface area contributed by atoms with Crippen molar-refractivity contribution in [3.05, 3.63) is 29.9 Å². The molecule has 1 fully saturated rings. The number of nitrogens with zero attached hydrogens (tertiary/aromatic N) is 2. The molecule has 0 spiro atoms. The van der Waals surface area contributed by atoms with Gasteiger partial charge in [0.1, 0.15) is 11.6 Å². The Kier molecular flexibility index (Phi) is 3.03. The minimum absolute atomic E-state index is 0.264. The minimum atomic E-state index is -1.53. The van der Waals surface area contributed by atoms with Crippen LogP contribution >= 0.6 is 0 Å². The Hall–Kier alpha value is -1.65. The van der Waals surface area contributed by atoms with Crippen LogP contribution in [-0.4, -0.2) is 18.1 Å². The molecule has 2 heterocycles. The number of piperidine rings is 1. The summed E-state index contributed by atoms with van der Waals surface area (Å²) in [6.45, 7) is 1.15. The summed E-state index contributed by atoms with van der Waals surface area (Å²) in [5.74, 6) is 1.22. The van der Waals surface area contributed by atoms with Crippen molar-refractivity contribution in [1.29, 1.82) is 0 Å². The highest BCUT2D eigenvalue weighted by molar-refractivity contribution is 5.45. The molecule has 0 unspecified atom stereocenters. The van der Waals surface area contributed by atoms with E-state index in [9.17, 15) is 8.78 Å². The lowest BCUT2D eigenvalue weighted by molar-refractivity contribution is 0.399. The molecule has 0 saturated carbocycles. The summed E-state index contributed by atoms with van der Waals surface area (Å²) >= 11 is 0. The molecule has 5 heteroatoms. The van der Waals surface area contributed by atoms with E-state index in [-0.39, 0.29) is 5.57 Å². The summed E-state index contributed by atoms with van der Waals surface area (Å²) in [6.07, 6.45) is -0.724. The second-order valence-electron chi connectivity index (χ2n) is 3.77. The molecule has 1 aliphatic rings. The van der Waals surface area contributed by atoms with Gasteiger partial charge in [0.15, 0.2) is 0 Å². The zero-order chi connectivity index (χ0) is 11.5. The van der Waals surface area contributed by atoms with Gasteiger partial charge in [0.2, 0.25) is 0 Å². The number of aromatic nitrogens is 1. The number of halogens is 2. The molecule has 0 aliphatic carbocycles. The summed E-state index contributed by atoms with van der Waals surface area (Å²) < 4.78 is 24.7. The zero-order valence-electron chi connectivity index (χ0n) is 8.79. The van der Waals surface area contributed by atoms with Crippen molar-refractivity contribution in [2.24, 2.45) is 0 Å². The molecule has 0 atom stereocenters. The molecule has 2 rings (SSSR count). The van der Waals surface area contributed by atoms with Gasteiger partial charge in [0.05, 0.1) is 0 Å². The Labute approximate surface area is 92.6 Å². The van der Waals surface area contributed by atoms with Gasteiger partial charge >= 0.3 is 0 Å². The lowest BCUT2D eigenvalue weighted by Gasteiger charge is -2.28. The van der Waals surface area contributed by atoms with Gasteiger partial charge in [-0.3, -0.25) is 0 Å². The van der Waals surface area contributed by atoms with Gasteiger partial charge in [-0.15, -0.1) is 0 Å². The fraction of sp³-hybridized carbons (Fsp3) is 0.364.